The van der Waals surface area contributed by atoms with Gasteiger partial charge in [-0.05, 0) is 25.0 Å². The summed E-state index contributed by atoms with van der Waals surface area (Å²) >= 11 is 0. The van der Waals surface area contributed by atoms with E-state index in [0.29, 0.717) is 0 Å². The average molecular weight is 215 g/mol. The van der Waals surface area contributed by atoms with Gasteiger partial charge < -0.3 is 5.32 Å². The van der Waals surface area contributed by atoms with E-state index < -0.39 is 17.5 Å². The number of halogens is 3. The van der Waals surface area contributed by atoms with Gasteiger partial charge >= 0.3 is 0 Å². The molecule has 0 unspecified atom stereocenters. The molecule has 0 aromatic heterocycles. The number of nitrogens with one attached hydrogen (secondary N) is 1. The molecule has 1 nitrogen and oxygen atoms in total. The minimum Gasteiger partial charge on any atom is -0.380 e. The Hall–Kier alpha value is -1.19. The third kappa shape index (κ3) is 2.08. The van der Waals surface area contributed by atoms with Crippen LogP contribution in [0.3, 0.4) is 0 Å². The highest BCUT2D eigenvalue weighted by Crippen LogP contribution is 2.25. The highest BCUT2D eigenvalue weighted by molar-refractivity contribution is 5.46. The van der Waals surface area contributed by atoms with Crippen LogP contribution in [0.5, 0.6) is 0 Å². The van der Waals surface area contributed by atoms with Crippen LogP contribution in [0.25, 0.3) is 0 Å². The van der Waals surface area contributed by atoms with Gasteiger partial charge in [0, 0.05) is 6.04 Å². The van der Waals surface area contributed by atoms with Crippen LogP contribution in [0.15, 0.2) is 12.1 Å². The molecule has 0 aliphatic heterocycles. The predicted molar refractivity (Wildman–Crippen MR) is 52.2 cm³/mol. The van der Waals surface area contributed by atoms with Crippen LogP contribution in [0.1, 0.15) is 25.7 Å². The summed E-state index contributed by atoms with van der Waals surface area (Å²) < 4.78 is 38.7. The van der Waals surface area contributed by atoms with Crippen molar-refractivity contribution in [1.29, 1.82) is 0 Å². The Bertz CT molecular complexity index is 359. The normalized spacial score (nSPS) is 17.0. The van der Waals surface area contributed by atoms with Gasteiger partial charge in [-0.2, -0.15) is 0 Å². The van der Waals surface area contributed by atoms with Crippen LogP contribution in [0, 0.1) is 17.5 Å². The molecule has 2 rings (SSSR count). The van der Waals surface area contributed by atoms with Crippen molar-refractivity contribution in [2.24, 2.45) is 0 Å². The highest BCUT2D eigenvalue weighted by Gasteiger charge is 2.18. The lowest BCUT2D eigenvalue weighted by Crippen LogP contribution is -2.16. The Morgan fingerprint density at radius 3 is 2.33 bits per heavy atom. The second-order valence-electron chi connectivity index (χ2n) is 3.85. The first kappa shape index (κ1) is 10.3. The molecule has 1 aromatic rings. The largest absolute Gasteiger partial charge is 0.380 e. The molecule has 0 radical (unpaired) electrons. The molecule has 1 aliphatic rings. The third-order valence-electron chi connectivity index (χ3n) is 2.75. The van der Waals surface area contributed by atoms with Gasteiger partial charge in [-0.25, -0.2) is 13.2 Å². The van der Waals surface area contributed by atoms with E-state index in [0.717, 1.165) is 31.7 Å². The van der Waals surface area contributed by atoms with Crippen LogP contribution in [-0.2, 0) is 0 Å². The summed E-state index contributed by atoms with van der Waals surface area (Å²) in [5.41, 5.74) is 0.0563. The van der Waals surface area contributed by atoms with Crippen LogP contribution in [0.2, 0.25) is 0 Å². The quantitative estimate of drug-likeness (QED) is 0.745. The van der Waals surface area contributed by atoms with Gasteiger partial charge in [-0.1, -0.05) is 12.8 Å². The first-order valence-electron chi connectivity index (χ1n) is 5.08. The summed E-state index contributed by atoms with van der Waals surface area (Å²) in [6, 6.07) is 2.37. The van der Waals surface area contributed by atoms with Crippen LogP contribution in [0.4, 0.5) is 18.9 Å². The Kier molecular flexibility index (Phi) is 2.84. The monoisotopic (exact) mass is 215 g/mol. The maximum absolute atomic E-state index is 13.2. The fourth-order valence-corrected chi connectivity index (χ4v) is 1.93. The van der Waals surface area contributed by atoms with Crippen LogP contribution >= 0.6 is 0 Å². The van der Waals surface area contributed by atoms with Crippen molar-refractivity contribution in [3.05, 3.63) is 29.6 Å². The fourth-order valence-electron chi connectivity index (χ4n) is 1.93. The summed E-state index contributed by atoms with van der Waals surface area (Å²) in [6.45, 7) is 0. The van der Waals surface area contributed by atoms with Crippen LogP contribution in [-0.4, -0.2) is 6.04 Å². The lowest BCUT2D eigenvalue weighted by Gasteiger charge is -2.14. The molecule has 0 heterocycles. The number of hydrogen-bond donors (Lipinski definition) is 1. The smallest absolute Gasteiger partial charge is 0.196 e. The molecule has 0 saturated heterocycles. The molecule has 1 aromatic carbocycles. The molecule has 1 aliphatic carbocycles. The summed E-state index contributed by atoms with van der Waals surface area (Å²) in [5.74, 6) is -3.68. The molecule has 0 amide bonds. The Morgan fingerprint density at radius 1 is 1.00 bits per heavy atom. The summed E-state index contributed by atoms with van der Waals surface area (Å²) in [6.07, 6.45) is 4.11. The number of rotatable bonds is 2. The first-order valence-corrected chi connectivity index (χ1v) is 5.08. The van der Waals surface area contributed by atoms with Gasteiger partial charge in [0.2, 0.25) is 0 Å². The molecule has 4 heteroatoms. The molecule has 1 N–H and O–H groups in total. The molecule has 82 valence electrons. The molecule has 15 heavy (non-hydrogen) atoms. The molecule has 1 saturated carbocycles. The fraction of sp³-hybridized carbons (Fsp3) is 0.455. The first-order chi connectivity index (χ1) is 7.18. The lowest BCUT2D eigenvalue weighted by molar-refractivity contribution is 0.448. The molecule has 1 fully saturated rings. The summed E-state index contributed by atoms with van der Waals surface area (Å²) in [4.78, 5) is 0. The summed E-state index contributed by atoms with van der Waals surface area (Å²) in [5, 5.41) is 2.90. The van der Waals surface area contributed by atoms with Crippen molar-refractivity contribution in [3.8, 4) is 0 Å². The maximum atomic E-state index is 13.2. The topological polar surface area (TPSA) is 12.0 Å². The minimum absolute atomic E-state index is 0.0563. The standard InChI is InChI=1S/C11H12F3N/c12-8-5-6-9(11(14)10(8)13)15-7-3-1-2-4-7/h5-7,15H,1-4H2. The third-order valence-corrected chi connectivity index (χ3v) is 2.75. The van der Waals surface area contributed by atoms with Crippen molar-refractivity contribution in [3.63, 3.8) is 0 Å². The van der Waals surface area contributed by atoms with Gasteiger partial charge in [0.25, 0.3) is 0 Å². The second kappa shape index (κ2) is 4.13. The Morgan fingerprint density at radius 2 is 1.67 bits per heavy atom. The van der Waals surface area contributed by atoms with Crippen molar-refractivity contribution in [2.45, 2.75) is 31.7 Å². The molecular weight excluding hydrogens is 203 g/mol. The van der Waals surface area contributed by atoms with Gasteiger partial charge in [0.1, 0.15) is 0 Å². The van der Waals surface area contributed by atoms with Gasteiger partial charge in [0.15, 0.2) is 17.5 Å². The van der Waals surface area contributed by atoms with E-state index in [1.165, 1.54) is 6.07 Å². The van der Waals surface area contributed by atoms with E-state index in [9.17, 15) is 13.2 Å². The zero-order valence-corrected chi connectivity index (χ0v) is 8.19. The van der Waals surface area contributed by atoms with Crippen LogP contribution < -0.4 is 5.32 Å². The van der Waals surface area contributed by atoms with Crippen molar-refractivity contribution < 1.29 is 13.2 Å². The van der Waals surface area contributed by atoms with E-state index in [-0.39, 0.29) is 11.7 Å². The van der Waals surface area contributed by atoms with E-state index in [2.05, 4.69) is 5.32 Å². The molecule has 0 atom stereocenters. The van der Waals surface area contributed by atoms with Gasteiger partial charge in [-0.3, -0.25) is 0 Å². The van der Waals surface area contributed by atoms with E-state index in [4.69, 9.17) is 0 Å². The maximum Gasteiger partial charge on any atom is 0.196 e. The number of benzene rings is 1. The molecule has 0 bridgehead atoms. The lowest BCUT2D eigenvalue weighted by atomic mass is 10.2. The van der Waals surface area contributed by atoms with E-state index >= 15 is 0 Å². The predicted octanol–water partition coefficient (Wildman–Crippen LogP) is 3.46. The van der Waals surface area contributed by atoms with Crippen molar-refractivity contribution in [2.75, 3.05) is 5.32 Å². The molecule has 0 spiro atoms. The van der Waals surface area contributed by atoms with E-state index in [1.54, 1.807) is 0 Å². The Labute approximate surface area is 86.3 Å². The summed E-state index contributed by atoms with van der Waals surface area (Å²) in [7, 11) is 0. The van der Waals surface area contributed by atoms with Crippen molar-refractivity contribution >= 4 is 5.69 Å². The van der Waals surface area contributed by atoms with E-state index in [1.807, 2.05) is 0 Å². The number of anilines is 1. The SMILES string of the molecule is Fc1ccc(NC2CCCC2)c(F)c1F. The zero-order valence-electron chi connectivity index (χ0n) is 8.19. The van der Waals surface area contributed by atoms with Crippen molar-refractivity contribution in [1.82, 2.24) is 0 Å². The minimum atomic E-state index is -1.40. The highest BCUT2D eigenvalue weighted by atomic mass is 19.2. The average Bonchev–Trinajstić information content (AvgIpc) is 2.72. The zero-order chi connectivity index (χ0) is 10.8. The number of hydrogen-bond acceptors (Lipinski definition) is 1. The molecular formula is C11H12F3N. The van der Waals surface area contributed by atoms with Gasteiger partial charge in [-0.15, -0.1) is 0 Å². The second-order valence-corrected chi connectivity index (χ2v) is 3.85. The van der Waals surface area contributed by atoms with Gasteiger partial charge in [0.05, 0.1) is 5.69 Å². The Balaban J connectivity index is 2.17.